The van der Waals surface area contributed by atoms with Gasteiger partial charge >= 0.3 is 0 Å². The van der Waals surface area contributed by atoms with Gasteiger partial charge in [0, 0.05) is 62.3 Å². The van der Waals surface area contributed by atoms with Crippen molar-refractivity contribution < 1.29 is 9.59 Å². The fraction of sp³-hybridized carbons (Fsp3) is 0.500. The van der Waals surface area contributed by atoms with E-state index in [-0.39, 0.29) is 30.7 Å². The topological polar surface area (TPSA) is 78.4 Å². The minimum atomic E-state index is -0.0533. The number of anilines is 1. The number of carbonyl (C=O) groups is 2. The van der Waals surface area contributed by atoms with Gasteiger partial charge in [-0.15, -0.1) is 11.3 Å². The molecule has 8 heteroatoms. The van der Waals surface area contributed by atoms with E-state index in [9.17, 15) is 9.59 Å². The van der Waals surface area contributed by atoms with Crippen LogP contribution in [0.3, 0.4) is 0 Å². The minimum Gasteiger partial charge on any atom is -0.352 e. The highest BCUT2D eigenvalue weighted by Crippen LogP contribution is 2.24. The first-order chi connectivity index (χ1) is 13.7. The zero-order valence-corrected chi connectivity index (χ0v) is 16.7. The minimum absolute atomic E-state index is 0.0533. The third-order valence-electron chi connectivity index (χ3n) is 5.35. The summed E-state index contributed by atoms with van der Waals surface area (Å²) in [4.78, 5) is 38.8. The first-order valence-electron chi connectivity index (χ1n) is 9.83. The Labute approximate surface area is 168 Å². The number of hydrogen-bond acceptors (Lipinski definition) is 6. The summed E-state index contributed by atoms with van der Waals surface area (Å²) in [5, 5.41) is 5.17. The quantitative estimate of drug-likeness (QED) is 0.832. The lowest BCUT2D eigenvalue weighted by Crippen LogP contribution is -2.48. The zero-order valence-electron chi connectivity index (χ0n) is 15.8. The Balaban J connectivity index is 1.23. The number of aromatic nitrogens is 2. The maximum Gasteiger partial charge on any atom is 0.225 e. The van der Waals surface area contributed by atoms with E-state index in [0.29, 0.717) is 19.0 Å². The van der Waals surface area contributed by atoms with E-state index in [1.54, 1.807) is 29.8 Å². The molecule has 1 atom stereocenters. The van der Waals surface area contributed by atoms with Crippen LogP contribution < -0.4 is 10.2 Å². The highest BCUT2D eigenvalue weighted by Gasteiger charge is 2.24. The van der Waals surface area contributed by atoms with E-state index in [0.717, 1.165) is 32.4 Å². The molecule has 1 N–H and O–H groups in total. The largest absolute Gasteiger partial charge is 0.352 e. The molecule has 0 spiro atoms. The van der Waals surface area contributed by atoms with E-state index in [4.69, 9.17) is 0 Å². The normalized spacial score (nSPS) is 19.2. The Morgan fingerprint density at radius 1 is 1.21 bits per heavy atom. The van der Waals surface area contributed by atoms with Crippen molar-refractivity contribution in [2.45, 2.75) is 44.7 Å². The Morgan fingerprint density at radius 2 is 2.07 bits per heavy atom. The highest BCUT2D eigenvalue weighted by molar-refractivity contribution is 7.10. The summed E-state index contributed by atoms with van der Waals surface area (Å²) in [5.74, 6) is 0.715. The van der Waals surface area contributed by atoms with Crippen LogP contribution in [0.4, 0.5) is 5.95 Å². The molecule has 0 aromatic carbocycles. The smallest absolute Gasteiger partial charge is 0.225 e. The molecule has 2 aromatic rings. The summed E-state index contributed by atoms with van der Waals surface area (Å²) in [7, 11) is 0. The molecule has 1 unspecified atom stereocenters. The number of fused-ring (bicyclic) bond motifs is 1. The molecule has 1 saturated heterocycles. The number of nitrogens with one attached hydrogen (secondary N) is 1. The molecule has 0 saturated carbocycles. The van der Waals surface area contributed by atoms with E-state index < -0.39 is 0 Å². The molecule has 2 aliphatic rings. The van der Waals surface area contributed by atoms with Gasteiger partial charge in [-0.1, -0.05) is 0 Å². The van der Waals surface area contributed by atoms with Gasteiger partial charge in [-0.2, -0.15) is 0 Å². The van der Waals surface area contributed by atoms with E-state index >= 15 is 0 Å². The predicted octanol–water partition coefficient (Wildman–Crippen LogP) is 1.99. The van der Waals surface area contributed by atoms with Crippen molar-refractivity contribution in [1.82, 2.24) is 20.2 Å². The maximum absolute atomic E-state index is 12.5. The standard InChI is InChI=1S/C20H25N5O2S/c26-18(4-5-19(27)24-11-6-17-15(13-24)7-12-28-17)23-16-3-1-10-25(14-16)20-21-8-2-9-22-20/h2,7-9,12,16H,1,3-6,10-11,13-14H2,(H,23,26). The average molecular weight is 400 g/mol. The molecular weight excluding hydrogens is 374 g/mol. The van der Waals surface area contributed by atoms with Crippen molar-refractivity contribution in [2.24, 2.45) is 0 Å². The van der Waals surface area contributed by atoms with Gasteiger partial charge in [0.25, 0.3) is 0 Å². The molecule has 4 heterocycles. The van der Waals surface area contributed by atoms with Gasteiger partial charge in [-0.05, 0) is 42.3 Å². The molecule has 148 valence electrons. The SMILES string of the molecule is O=C(CCC(=O)N1CCc2sccc2C1)NC1CCCN(c2ncccn2)C1. The lowest BCUT2D eigenvalue weighted by atomic mass is 10.1. The number of thiophene rings is 1. The van der Waals surface area contributed by atoms with Gasteiger partial charge in [0.05, 0.1) is 0 Å². The Morgan fingerprint density at radius 3 is 2.93 bits per heavy atom. The molecule has 28 heavy (non-hydrogen) atoms. The highest BCUT2D eigenvalue weighted by atomic mass is 32.1. The second-order valence-electron chi connectivity index (χ2n) is 7.34. The van der Waals surface area contributed by atoms with E-state index in [2.05, 4.69) is 31.6 Å². The van der Waals surface area contributed by atoms with Gasteiger partial charge < -0.3 is 15.1 Å². The summed E-state index contributed by atoms with van der Waals surface area (Å²) >= 11 is 1.76. The third kappa shape index (κ3) is 4.49. The van der Waals surface area contributed by atoms with Crippen molar-refractivity contribution >= 4 is 29.1 Å². The summed E-state index contributed by atoms with van der Waals surface area (Å²) in [6.07, 6.45) is 6.82. The second kappa shape index (κ2) is 8.68. The second-order valence-corrected chi connectivity index (χ2v) is 8.34. The van der Waals surface area contributed by atoms with Gasteiger partial charge in [0.1, 0.15) is 0 Å². The van der Waals surface area contributed by atoms with Crippen molar-refractivity contribution in [3.63, 3.8) is 0 Å². The molecule has 0 bridgehead atoms. The molecule has 0 radical (unpaired) electrons. The maximum atomic E-state index is 12.5. The van der Waals surface area contributed by atoms with E-state index in [1.807, 2.05) is 4.90 Å². The Hall–Kier alpha value is -2.48. The van der Waals surface area contributed by atoms with Crippen LogP contribution in [0.5, 0.6) is 0 Å². The summed E-state index contributed by atoms with van der Waals surface area (Å²) in [6.45, 7) is 3.03. The molecule has 1 fully saturated rings. The van der Waals surface area contributed by atoms with Crippen LogP contribution in [-0.2, 0) is 22.6 Å². The fourth-order valence-corrected chi connectivity index (χ4v) is 4.76. The fourth-order valence-electron chi connectivity index (χ4n) is 3.87. The van der Waals surface area contributed by atoms with Crippen LogP contribution >= 0.6 is 11.3 Å². The van der Waals surface area contributed by atoms with Crippen molar-refractivity contribution in [2.75, 3.05) is 24.5 Å². The van der Waals surface area contributed by atoms with Crippen molar-refractivity contribution in [3.8, 4) is 0 Å². The first kappa shape index (κ1) is 18.9. The van der Waals surface area contributed by atoms with Crippen LogP contribution in [0.1, 0.15) is 36.1 Å². The molecular formula is C20H25N5O2S. The van der Waals surface area contributed by atoms with Crippen LogP contribution in [0.2, 0.25) is 0 Å². The van der Waals surface area contributed by atoms with Crippen LogP contribution in [0, 0.1) is 0 Å². The number of carbonyl (C=O) groups excluding carboxylic acids is 2. The monoisotopic (exact) mass is 399 g/mol. The molecule has 0 aliphatic carbocycles. The van der Waals surface area contributed by atoms with Gasteiger partial charge in [0.2, 0.25) is 17.8 Å². The van der Waals surface area contributed by atoms with Crippen LogP contribution in [0.25, 0.3) is 0 Å². The molecule has 4 rings (SSSR count). The summed E-state index contributed by atoms with van der Waals surface area (Å²) < 4.78 is 0. The molecule has 2 aromatic heterocycles. The average Bonchev–Trinajstić information content (AvgIpc) is 3.21. The Bertz CT molecular complexity index is 825. The zero-order chi connectivity index (χ0) is 19.3. The van der Waals surface area contributed by atoms with Crippen molar-refractivity contribution in [1.29, 1.82) is 0 Å². The first-order valence-corrected chi connectivity index (χ1v) is 10.7. The molecule has 2 aliphatic heterocycles. The summed E-state index contributed by atoms with van der Waals surface area (Å²) in [6, 6.07) is 3.96. The number of nitrogens with zero attached hydrogens (tertiary/aromatic N) is 4. The van der Waals surface area contributed by atoms with Crippen molar-refractivity contribution in [3.05, 3.63) is 40.3 Å². The van der Waals surface area contributed by atoms with Crippen LogP contribution in [-0.4, -0.2) is 52.4 Å². The predicted molar refractivity (Wildman–Crippen MR) is 108 cm³/mol. The van der Waals surface area contributed by atoms with Gasteiger partial charge in [-0.25, -0.2) is 9.97 Å². The number of rotatable bonds is 5. The van der Waals surface area contributed by atoms with Gasteiger partial charge in [0.15, 0.2) is 0 Å². The molecule has 7 nitrogen and oxygen atoms in total. The lowest BCUT2D eigenvalue weighted by molar-refractivity contribution is -0.134. The third-order valence-corrected chi connectivity index (χ3v) is 6.37. The summed E-state index contributed by atoms with van der Waals surface area (Å²) in [5.41, 5.74) is 1.25. The number of amides is 2. The van der Waals surface area contributed by atoms with Crippen LogP contribution in [0.15, 0.2) is 29.9 Å². The number of hydrogen-bond donors (Lipinski definition) is 1. The number of piperidine rings is 1. The van der Waals surface area contributed by atoms with E-state index in [1.165, 1.54) is 10.4 Å². The Kier molecular flexibility index (Phi) is 5.85. The molecule has 2 amide bonds. The lowest BCUT2D eigenvalue weighted by Gasteiger charge is -2.33. The van der Waals surface area contributed by atoms with Gasteiger partial charge in [-0.3, -0.25) is 9.59 Å².